The first kappa shape index (κ1) is 18.4. The Kier molecular flexibility index (Phi) is 4.94. The van der Waals surface area contributed by atoms with Crippen molar-refractivity contribution < 1.29 is 17.9 Å². The molecule has 0 spiro atoms. The van der Waals surface area contributed by atoms with Crippen molar-refractivity contribution in [3.05, 3.63) is 35.6 Å². The number of benzene rings is 1. The van der Waals surface area contributed by atoms with Gasteiger partial charge in [-0.2, -0.15) is 13.2 Å². The zero-order valence-corrected chi connectivity index (χ0v) is 15.0. The molecule has 0 radical (unpaired) electrons. The van der Waals surface area contributed by atoms with E-state index in [-0.39, 0.29) is 16.9 Å². The third-order valence-corrected chi connectivity index (χ3v) is 5.78. The highest BCUT2D eigenvalue weighted by Gasteiger charge is 2.31. The number of hydrogen-bond donors (Lipinski definition) is 1. The number of hydrogen-bond acceptors (Lipinski definition) is 4. The number of halogens is 3. The monoisotopic (exact) mass is 380 g/mol. The van der Waals surface area contributed by atoms with Crippen LogP contribution in [0.5, 0.6) is 0 Å². The molecular formula is C19H23F3N4O. The van der Waals surface area contributed by atoms with E-state index in [4.69, 9.17) is 10.1 Å². The van der Waals surface area contributed by atoms with Crippen molar-refractivity contribution in [1.82, 2.24) is 14.5 Å². The molecule has 1 aliphatic heterocycles. The number of nitrogens with one attached hydrogen (secondary N) is 1. The van der Waals surface area contributed by atoms with Crippen LogP contribution < -0.4 is 5.49 Å². The molecule has 0 atom stereocenters. The fraction of sp³-hybridized carbons (Fsp3) is 0.579. The van der Waals surface area contributed by atoms with E-state index in [0.717, 1.165) is 64.1 Å². The van der Waals surface area contributed by atoms with Crippen LogP contribution in [-0.4, -0.2) is 46.8 Å². The van der Waals surface area contributed by atoms with Gasteiger partial charge in [0.15, 0.2) is 0 Å². The summed E-state index contributed by atoms with van der Waals surface area (Å²) >= 11 is 0. The molecule has 2 fully saturated rings. The van der Waals surface area contributed by atoms with Gasteiger partial charge in [-0.25, -0.2) is 4.98 Å². The van der Waals surface area contributed by atoms with Gasteiger partial charge in [0.05, 0.1) is 30.6 Å². The maximum Gasteiger partial charge on any atom is 0.416 e. The van der Waals surface area contributed by atoms with E-state index in [1.807, 2.05) is 0 Å². The van der Waals surface area contributed by atoms with Gasteiger partial charge in [0.25, 0.3) is 0 Å². The topological polar surface area (TPSA) is 54.1 Å². The summed E-state index contributed by atoms with van der Waals surface area (Å²) in [7, 11) is 0. The van der Waals surface area contributed by atoms with Crippen molar-refractivity contribution in [1.29, 1.82) is 5.41 Å². The number of ether oxygens (including phenoxy) is 1. The van der Waals surface area contributed by atoms with Crippen LogP contribution in [0.1, 0.15) is 37.3 Å². The van der Waals surface area contributed by atoms with Crippen molar-refractivity contribution in [3.63, 3.8) is 0 Å². The van der Waals surface area contributed by atoms with Crippen LogP contribution in [0.4, 0.5) is 13.2 Å². The van der Waals surface area contributed by atoms with E-state index in [2.05, 4.69) is 9.88 Å². The Labute approximate surface area is 155 Å². The molecule has 2 aromatic rings. The lowest BCUT2D eigenvalue weighted by atomic mass is 9.89. The number of aromatic nitrogens is 2. The van der Waals surface area contributed by atoms with Gasteiger partial charge >= 0.3 is 6.18 Å². The molecule has 27 heavy (non-hydrogen) atoms. The second-order valence-electron chi connectivity index (χ2n) is 7.34. The zero-order valence-electron chi connectivity index (χ0n) is 15.0. The van der Waals surface area contributed by atoms with E-state index in [1.165, 1.54) is 6.07 Å². The average Bonchev–Trinajstić information content (AvgIpc) is 2.68. The van der Waals surface area contributed by atoms with Crippen molar-refractivity contribution >= 4 is 10.9 Å². The van der Waals surface area contributed by atoms with Crippen LogP contribution >= 0.6 is 0 Å². The Morgan fingerprint density at radius 3 is 2.37 bits per heavy atom. The molecule has 1 aromatic carbocycles. The minimum Gasteiger partial charge on any atom is -0.379 e. The van der Waals surface area contributed by atoms with Gasteiger partial charge in [-0.3, -0.25) is 10.3 Å². The molecule has 1 aromatic heterocycles. The summed E-state index contributed by atoms with van der Waals surface area (Å²) in [5, 5.41) is 8.70. The molecule has 0 amide bonds. The Morgan fingerprint density at radius 1 is 1.04 bits per heavy atom. The largest absolute Gasteiger partial charge is 0.416 e. The maximum absolute atomic E-state index is 13.0. The van der Waals surface area contributed by atoms with Gasteiger partial charge in [-0.1, -0.05) is 0 Å². The summed E-state index contributed by atoms with van der Waals surface area (Å²) in [5.74, 6) is 0. The predicted octanol–water partition coefficient (Wildman–Crippen LogP) is 3.35. The van der Waals surface area contributed by atoms with Crippen LogP contribution in [0.25, 0.3) is 10.9 Å². The molecule has 2 heterocycles. The number of morpholine rings is 1. The minimum atomic E-state index is -4.42. The number of alkyl halides is 3. The standard InChI is InChI=1S/C19H23F3N4O/c20-19(21,22)13-1-6-17-16(11-13)18(23)26(12-24-17)15-4-2-14(3-5-15)25-7-9-27-10-8-25/h1,6,11-12,14-15,23H,2-5,7-10H2/t14-,15-. The Hall–Kier alpha value is -1.93. The molecular weight excluding hydrogens is 357 g/mol. The summed E-state index contributed by atoms with van der Waals surface area (Å²) in [5.41, 5.74) is -0.203. The zero-order chi connectivity index (χ0) is 19.0. The molecule has 2 aliphatic rings. The highest BCUT2D eigenvalue weighted by atomic mass is 19.4. The van der Waals surface area contributed by atoms with E-state index >= 15 is 0 Å². The lowest BCUT2D eigenvalue weighted by Gasteiger charge is -2.39. The van der Waals surface area contributed by atoms with E-state index in [0.29, 0.717) is 11.6 Å². The highest BCUT2D eigenvalue weighted by molar-refractivity contribution is 5.77. The molecule has 5 nitrogen and oxygen atoms in total. The summed E-state index contributed by atoms with van der Waals surface area (Å²) in [6.07, 6.45) is 1.06. The van der Waals surface area contributed by atoms with Gasteiger partial charge in [0.2, 0.25) is 0 Å². The SMILES string of the molecule is N=c1c2cc(C(F)(F)F)ccc2ncn1[C@H]1CC[C@H](N2CCOCC2)CC1. The maximum atomic E-state index is 13.0. The lowest BCUT2D eigenvalue weighted by Crippen LogP contribution is -2.45. The first-order chi connectivity index (χ1) is 12.9. The normalized spacial score (nSPS) is 25.0. The fourth-order valence-electron chi connectivity index (χ4n) is 4.26. The first-order valence-corrected chi connectivity index (χ1v) is 9.38. The van der Waals surface area contributed by atoms with E-state index < -0.39 is 11.7 Å². The summed E-state index contributed by atoms with van der Waals surface area (Å²) in [6, 6.07) is 4.05. The third kappa shape index (κ3) is 3.73. The van der Waals surface area contributed by atoms with Crippen molar-refractivity contribution in [2.45, 2.75) is 43.9 Å². The third-order valence-electron chi connectivity index (χ3n) is 5.78. The van der Waals surface area contributed by atoms with Gasteiger partial charge in [0, 0.05) is 30.6 Å². The molecule has 1 saturated carbocycles. The minimum absolute atomic E-state index is 0.112. The first-order valence-electron chi connectivity index (χ1n) is 9.38. The van der Waals surface area contributed by atoms with Gasteiger partial charge in [0.1, 0.15) is 5.49 Å². The summed E-state index contributed by atoms with van der Waals surface area (Å²) in [4.78, 5) is 6.77. The second-order valence-corrected chi connectivity index (χ2v) is 7.34. The van der Waals surface area contributed by atoms with Crippen molar-refractivity contribution in [2.75, 3.05) is 26.3 Å². The molecule has 0 unspecified atom stereocenters. The average molecular weight is 380 g/mol. The van der Waals surface area contributed by atoms with Crippen LogP contribution in [0.15, 0.2) is 24.5 Å². The number of rotatable bonds is 2. The summed E-state index contributed by atoms with van der Waals surface area (Å²) < 4.78 is 46.2. The molecule has 8 heteroatoms. The Bertz CT molecular complexity index is 865. The Balaban J connectivity index is 1.55. The molecule has 1 saturated heterocycles. The summed E-state index contributed by atoms with van der Waals surface area (Å²) in [6.45, 7) is 3.48. The number of fused-ring (bicyclic) bond motifs is 1. The number of nitrogens with zero attached hydrogens (tertiary/aromatic N) is 3. The van der Waals surface area contributed by atoms with E-state index in [1.54, 1.807) is 10.9 Å². The molecule has 4 rings (SSSR count). The smallest absolute Gasteiger partial charge is 0.379 e. The van der Waals surface area contributed by atoms with Crippen LogP contribution in [-0.2, 0) is 10.9 Å². The van der Waals surface area contributed by atoms with Crippen LogP contribution in [0.2, 0.25) is 0 Å². The van der Waals surface area contributed by atoms with Crippen LogP contribution in [0, 0.1) is 5.41 Å². The van der Waals surface area contributed by atoms with Crippen molar-refractivity contribution in [2.24, 2.45) is 0 Å². The van der Waals surface area contributed by atoms with Crippen molar-refractivity contribution in [3.8, 4) is 0 Å². The fourth-order valence-corrected chi connectivity index (χ4v) is 4.26. The highest BCUT2D eigenvalue weighted by Crippen LogP contribution is 2.32. The quantitative estimate of drug-likeness (QED) is 0.869. The second kappa shape index (κ2) is 7.24. The van der Waals surface area contributed by atoms with Gasteiger partial charge in [-0.15, -0.1) is 0 Å². The van der Waals surface area contributed by atoms with Gasteiger partial charge < -0.3 is 9.30 Å². The molecule has 1 N–H and O–H groups in total. The van der Waals surface area contributed by atoms with Crippen LogP contribution in [0.3, 0.4) is 0 Å². The predicted molar refractivity (Wildman–Crippen MR) is 94.3 cm³/mol. The van der Waals surface area contributed by atoms with Gasteiger partial charge in [-0.05, 0) is 43.9 Å². The molecule has 0 bridgehead atoms. The molecule has 146 valence electrons. The Morgan fingerprint density at radius 2 is 1.70 bits per heavy atom. The van der Waals surface area contributed by atoms with E-state index in [9.17, 15) is 13.2 Å². The lowest BCUT2D eigenvalue weighted by molar-refractivity contribution is -0.137. The molecule has 1 aliphatic carbocycles.